The number of rotatable bonds is 6. The third-order valence-electron chi connectivity index (χ3n) is 5.34. The molecule has 1 atom stereocenters. The van der Waals surface area contributed by atoms with Gasteiger partial charge in [-0.1, -0.05) is 12.1 Å². The predicted molar refractivity (Wildman–Crippen MR) is 110 cm³/mol. The molecule has 29 heavy (non-hydrogen) atoms. The molecular formula is C21H26FN3O3S. The molecule has 4 N–H and O–H groups in total. The van der Waals surface area contributed by atoms with E-state index in [0.717, 1.165) is 5.56 Å². The van der Waals surface area contributed by atoms with Crippen LogP contribution < -0.4 is 15.8 Å². The fourth-order valence-electron chi connectivity index (χ4n) is 3.57. The van der Waals surface area contributed by atoms with E-state index in [1.807, 2.05) is 6.92 Å². The smallest absolute Gasteiger partial charge is 0.240 e. The first kappa shape index (κ1) is 21.3. The summed E-state index contributed by atoms with van der Waals surface area (Å²) in [5.74, 6) is -0.524. The second-order valence-electron chi connectivity index (χ2n) is 7.52. The molecule has 1 saturated carbocycles. The van der Waals surface area contributed by atoms with E-state index in [2.05, 4.69) is 10.0 Å². The Balaban J connectivity index is 1.51. The van der Waals surface area contributed by atoms with E-state index in [4.69, 9.17) is 5.73 Å². The van der Waals surface area contributed by atoms with Crippen molar-refractivity contribution in [2.45, 2.75) is 49.6 Å². The molecule has 0 unspecified atom stereocenters. The van der Waals surface area contributed by atoms with Crippen molar-refractivity contribution in [3.05, 3.63) is 59.9 Å². The number of hydrogen-bond donors (Lipinski definition) is 3. The molecule has 156 valence electrons. The highest BCUT2D eigenvalue weighted by Gasteiger charge is 2.29. The lowest BCUT2D eigenvalue weighted by Gasteiger charge is -2.29. The zero-order chi connectivity index (χ0) is 21.0. The average Bonchev–Trinajstić information content (AvgIpc) is 2.69. The second-order valence-corrected chi connectivity index (χ2v) is 9.23. The molecule has 0 bridgehead atoms. The zero-order valence-corrected chi connectivity index (χ0v) is 17.1. The molecule has 6 nitrogen and oxygen atoms in total. The van der Waals surface area contributed by atoms with Gasteiger partial charge in [-0.05, 0) is 74.6 Å². The average molecular weight is 420 g/mol. The summed E-state index contributed by atoms with van der Waals surface area (Å²) in [6.45, 7) is 1.86. The number of amides is 1. The summed E-state index contributed by atoms with van der Waals surface area (Å²) >= 11 is 0. The van der Waals surface area contributed by atoms with Gasteiger partial charge in [0.2, 0.25) is 15.9 Å². The fraction of sp³-hybridized carbons (Fsp3) is 0.381. The summed E-state index contributed by atoms with van der Waals surface area (Å²) in [6, 6.07) is 11.7. The fourth-order valence-corrected chi connectivity index (χ4v) is 4.88. The van der Waals surface area contributed by atoms with E-state index in [1.54, 1.807) is 24.3 Å². The van der Waals surface area contributed by atoms with Gasteiger partial charge in [-0.3, -0.25) is 4.79 Å². The van der Waals surface area contributed by atoms with E-state index in [0.29, 0.717) is 31.4 Å². The van der Waals surface area contributed by atoms with Gasteiger partial charge in [-0.25, -0.2) is 17.5 Å². The summed E-state index contributed by atoms with van der Waals surface area (Å²) < 4.78 is 40.8. The molecule has 1 fully saturated rings. The van der Waals surface area contributed by atoms with Crippen LogP contribution in [0, 0.1) is 11.7 Å². The Hall–Kier alpha value is -2.45. The Morgan fingerprint density at radius 1 is 1.03 bits per heavy atom. The zero-order valence-electron chi connectivity index (χ0n) is 16.3. The van der Waals surface area contributed by atoms with Crippen LogP contribution in [-0.2, 0) is 14.8 Å². The van der Waals surface area contributed by atoms with Gasteiger partial charge >= 0.3 is 0 Å². The van der Waals surface area contributed by atoms with Crippen molar-refractivity contribution in [1.29, 1.82) is 0 Å². The van der Waals surface area contributed by atoms with Crippen LogP contribution in [0.4, 0.5) is 10.1 Å². The minimum Gasteiger partial charge on any atom is -0.399 e. The maximum atomic E-state index is 13.0. The van der Waals surface area contributed by atoms with Gasteiger partial charge in [0.25, 0.3) is 0 Å². The summed E-state index contributed by atoms with van der Waals surface area (Å²) in [5.41, 5.74) is 6.95. The van der Waals surface area contributed by atoms with Crippen LogP contribution in [0.2, 0.25) is 0 Å². The predicted octanol–water partition coefficient (Wildman–Crippen LogP) is 3.12. The Kier molecular flexibility index (Phi) is 6.54. The lowest BCUT2D eigenvalue weighted by molar-refractivity contribution is -0.126. The van der Waals surface area contributed by atoms with Crippen LogP contribution in [-0.4, -0.2) is 20.4 Å². The molecule has 1 aliphatic carbocycles. The molecule has 8 heteroatoms. The number of hydrogen-bond acceptors (Lipinski definition) is 4. The summed E-state index contributed by atoms with van der Waals surface area (Å²) in [4.78, 5) is 12.7. The van der Waals surface area contributed by atoms with Crippen LogP contribution in [0.15, 0.2) is 53.4 Å². The number of carbonyl (C=O) groups is 1. The number of carbonyl (C=O) groups excluding carboxylic acids is 1. The van der Waals surface area contributed by atoms with Crippen LogP contribution in [0.3, 0.4) is 0 Å². The van der Waals surface area contributed by atoms with Crippen LogP contribution in [0.5, 0.6) is 0 Å². The first-order chi connectivity index (χ1) is 13.7. The van der Waals surface area contributed by atoms with Crippen molar-refractivity contribution >= 4 is 21.6 Å². The summed E-state index contributed by atoms with van der Waals surface area (Å²) in [5, 5.41) is 2.97. The van der Waals surface area contributed by atoms with Gasteiger partial charge in [-0.2, -0.15) is 0 Å². The third kappa shape index (κ3) is 5.55. The number of nitrogens with one attached hydrogen (secondary N) is 2. The Morgan fingerprint density at radius 3 is 2.21 bits per heavy atom. The molecule has 0 spiro atoms. The molecule has 3 rings (SSSR count). The minimum atomic E-state index is -3.61. The number of anilines is 1. The number of nitrogen functional groups attached to an aromatic ring is 1. The van der Waals surface area contributed by atoms with Crippen LogP contribution in [0.25, 0.3) is 0 Å². The van der Waals surface area contributed by atoms with Gasteiger partial charge in [-0.15, -0.1) is 0 Å². The number of nitrogens with two attached hydrogens (primary N) is 1. The van der Waals surface area contributed by atoms with Gasteiger partial charge in [0.15, 0.2) is 0 Å². The monoisotopic (exact) mass is 419 g/mol. The maximum Gasteiger partial charge on any atom is 0.240 e. The van der Waals surface area contributed by atoms with Crippen molar-refractivity contribution in [3.63, 3.8) is 0 Å². The number of benzene rings is 2. The van der Waals surface area contributed by atoms with Crippen molar-refractivity contribution in [1.82, 2.24) is 10.0 Å². The van der Waals surface area contributed by atoms with Crippen LogP contribution >= 0.6 is 0 Å². The molecule has 1 amide bonds. The third-order valence-corrected chi connectivity index (χ3v) is 6.88. The van der Waals surface area contributed by atoms with Crippen molar-refractivity contribution in [2.75, 3.05) is 5.73 Å². The highest BCUT2D eigenvalue weighted by atomic mass is 32.2. The first-order valence-corrected chi connectivity index (χ1v) is 11.2. The largest absolute Gasteiger partial charge is 0.399 e. The van der Waals surface area contributed by atoms with Gasteiger partial charge in [0.05, 0.1) is 10.9 Å². The second kappa shape index (κ2) is 8.92. The molecule has 0 saturated heterocycles. The molecule has 0 radical (unpaired) electrons. The maximum absolute atomic E-state index is 13.0. The number of halogens is 1. The highest BCUT2D eigenvalue weighted by Crippen LogP contribution is 2.27. The van der Waals surface area contributed by atoms with Crippen molar-refractivity contribution in [2.24, 2.45) is 5.92 Å². The van der Waals surface area contributed by atoms with E-state index in [9.17, 15) is 17.6 Å². The van der Waals surface area contributed by atoms with Crippen molar-refractivity contribution in [3.8, 4) is 0 Å². The lowest BCUT2D eigenvalue weighted by atomic mass is 9.85. The molecule has 2 aromatic carbocycles. The molecule has 0 aliphatic heterocycles. The van der Waals surface area contributed by atoms with Crippen molar-refractivity contribution < 1.29 is 17.6 Å². The quantitative estimate of drug-likeness (QED) is 0.626. The van der Waals surface area contributed by atoms with E-state index < -0.39 is 10.0 Å². The number of sulfonamides is 1. The van der Waals surface area contributed by atoms with Gasteiger partial charge < -0.3 is 11.1 Å². The topological polar surface area (TPSA) is 101 Å². The summed E-state index contributed by atoms with van der Waals surface area (Å²) in [6.07, 6.45) is 2.40. The molecular weight excluding hydrogens is 393 g/mol. The standard InChI is InChI=1S/C21H26FN3O3S/c1-14(15-2-6-17(22)7-3-15)24-21(26)16-4-10-19(11-5-16)25-29(27,28)20-12-8-18(23)9-13-20/h2-3,6-9,12-14,16,19,25H,4-5,10-11,23H2,1H3,(H,24,26)/t14-,16?,19?/m1/s1. The highest BCUT2D eigenvalue weighted by molar-refractivity contribution is 7.89. The van der Waals surface area contributed by atoms with E-state index >= 15 is 0 Å². The molecule has 0 aromatic heterocycles. The minimum absolute atomic E-state index is 0.0540. The van der Waals surface area contributed by atoms with E-state index in [1.165, 1.54) is 24.3 Å². The Bertz CT molecular complexity index is 938. The SMILES string of the molecule is C[C@@H](NC(=O)C1CCC(NS(=O)(=O)c2ccc(N)cc2)CC1)c1ccc(F)cc1. The Morgan fingerprint density at radius 2 is 1.62 bits per heavy atom. The first-order valence-electron chi connectivity index (χ1n) is 9.68. The van der Waals surface area contributed by atoms with Gasteiger partial charge in [0.1, 0.15) is 5.82 Å². The normalized spacial score (nSPS) is 20.8. The van der Waals surface area contributed by atoms with Gasteiger partial charge in [0, 0.05) is 17.6 Å². The molecule has 0 heterocycles. The van der Waals surface area contributed by atoms with E-state index in [-0.39, 0.29) is 34.6 Å². The molecule has 2 aromatic rings. The van der Waals surface area contributed by atoms with Crippen LogP contribution in [0.1, 0.15) is 44.2 Å². The summed E-state index contributed by atoms with van der Waals surface area (Å²) in [7, 11) is -3.61. The Labute approximate surface area is 170 Å². The lowest BCUT2D eigenvalue weighted by Crippen LogP contribution is -2.41. The molecule has 1 aliphatic rings.